The monoisotopic (exact) mass is 578 g/mol. The molecule has 0 aromatic heterocycles. The maximum atomic E-state index is 13.3. The fourth-order valence-electron chi connectivity index (χ4n) is 5.84. The van der Waals surface area contributed by atoms with E-state index in [1.54, 1.807) is 12.0 Å². The van der Waals surface area contributed by atoms with Gasteiger partial charge in [0.05, 0.1) is 32.4 Å². The highest BCUT2D eigenvalue weighted by molar-refractivity contribution is 5.95. The summed E-state index contributed by atoms with van der Waals surface area (Å²) in [6, 6.07) is 9.46. The van der Waals surface area contributed by atoms with Crippen LogP contribution in [0.5, 0.6) is 11.5 Å². The molecule has 0 atom stereocenters. The Labute approximate surface area is 247 Å². The number of methoxy groups -OCH3 is 1. The molecule has 42 heavy (non-hydrogen) atoms. The van der Waals surface area contributed by atoms with Gasteiger partial charge in [0.2, 0.25) is 5.91 Å². The summed E-state index contributed by atoms with van der Waals surface area (Å²) in [6.45, 7) is 10.9. The first-order valence-electron chi connectivity index (χ1n) is 14.7. The van der Waals surface area contributed by atoms with E-state index in [9.17, 15) is 14.4 Å². The topological polar surface area (TPSA) is 109 Å². The third-order valence-electron chi connectivity index (χ3n) is 8.31. The largest absolute Gasteiger partial charge is 0.496 e. The molecule has 0 bridgehead atoms. The normalized spacial score (nSPS) is 20.7. The van der Waals surface area contributed by atoms with Crippen LogP contribution in [0.1, 0.15) is 63.1 Å². The predicted octanol–water partition coefficient (Wildman–Crippen LogP) is 5.86. The minimum absolute atomic E-state index is 0.00617. The first-order valence-corrected chi connectivity index (χ1v) is 14.7. The molecule has 2 fully saturated rings. The molecule has 2 N–H and O–H groups in total. The van der Waals surface area contributed by atoms with Crippen molar-refractivity contribution in [2.24, 2.45) is 5.92 Å². The van der Waals surface area contributed by atoms with Crippen LogP contribution in [0.3, 0.4) is 0 Å². The minimum Gasteiger partial charge on any atom is -0.496 e. The number of nitrogens with zero attached hydrogens (tertiary/aromatic N) is 2. The summed E-state index contributed by atoms with van der Waals surface area (Å²) in [5, 5.41) is 6.12. The first kappa shape index (κ1) is 29.5. The summed E-state index contributed by atoms with van der Waals surface area (Å²) in [7, 11) is 1.62. The van der Waals surface area contributed by atoms with Crippen molar-refractivity contribution in [2.45, 2.75) is 84.6 Å². The number of carbonyl (C=O) groups excluding carboxylic acids is 3. The number of urea groups is 1. The van der Waals surface area contributed by atoms with Crippen molar-refractivity contribution < 1.29 is 28.6 Å². The van der Waals surface area contributed by atoms with Crippen molar-refractivity contribution in [3.63, 3.8) is 0 Å². The van der Waals surface area contributed by atoms with Crippen LogP contribution in [0.4, 0.5) is 21.0 Å². The predicted molar refractivity (Wildman–Crippen MR) is 160 cm³/mol. The van der Waals surface area contributed by atoms with Crippen LogP contribution in [0.25, 0.3) is 0 Å². The minimum atomic E-state index is -0.545. The number of amides is 4. The summed E-state index contributed by atoms with van der Waals surface area (Å²) in [5.41, 5.74) is 4.01. The summed E-state index contributed by atoms with van der Waals surface area (Å²) in [4.78, 5) is 42.1. The molecule has 2 aromatic carbocycles. The van der Waals surface area contributed by atoms with Crippen molar-refractivity contribution in [3.05, 3.63) is 47.0 Å². The maximum absolute atomic E-state index is 13.3. The van der Waals surface area contributed by atoms with Gasteiger partial charge in [-0.1, -0.05) is 12.1 Å². The highest BCUT2D eigenvalue weighted by Crippen LogP contribution is 2.39. The molecule has 1 saturated heterocycles. The molecule has 226 valence electrons. The van der Waals surface area contributed by atoms with Crippen LogP contribution in [0.2, 0.25) is 0 Å². The molecular formula is C32H42N4O6. The van der Waals surface area contributed by atoms with Crippen LogP contribution in [-0.4, -0.2) is 65.8 Å². The summed E-state index contributed by atoms with van der Waals surface area (Å²) in [6.07, 6.45) is 2.44. The lowest BCUT2D eigenvalue weighted by Gasteiger charge is -2.41. The number of fused-ring (bicyclic) bond motifs is 1. The van der Waals surface area contributed by atoms with E-state index in [4.69, 9.17) is 14.2 Å². The lowest BCUT2D eigenvalue weighted by atomic mass is 9.84. The number of anilines is 2. The number of hydrogen-bond donors (Lipinski definition) is 2. The lowest BCUT2D eigenvalue weighted by Crippen LogP contribution is -2.57. The molecular weight excluding hydrogens is 536 g/mol. The van der Waals surface area contributed by atoms with Crippen molar-refractivity contribution in [2.75, 3.05) is 30.8 Å². The molecule has 10 heteroatoms. The highest BCUT2D eigenvalue weighted by Gasteiger charge is 2.38. The van der Waals surface area contributed by atoms with Crippen molar-refractivity contribution in [1.82, 2.24) is 9.80 Å². The number of rotatable bonds is 6. The zero-order valence-corrected chi connectivity index (χ0v) is 25.4. The van der Waals surface area contributed by atoms with E-state index >= 15 is 0 Å². The highest BCUT2D eigenvalue weighted by atomic mass is 16.6. The summed E-state index contributed by atoms with van der Waals surface area (Å²) < 4.78 is 17.0. The zero-order chi connectivity index (χ0) is 30.2. The molecule has 2 aromatic rings. The van der Waals surface area contributed by atoms with Gasteiger partial charge in [0.15, 0.2) is 0 Å². The molecule has 1 aliphatic carbocycles. The number of aryl methyl sites for hydroxylation is 2. The Hall–Kier alpha value is -3.95. The van der Waals surface area contributed by atoms with Gasteiger partial charge in [0.25, 0.3) is 0 Å². The van der Waals surface area contributed by atoms with Gasteiger partial charge in [-0.3, -0.25) is 4.79 Å². The van der Waals surface area contributed by atoms with Crippen LogP contribution in [0.15, 0.2) is 30.3 Å². The number of likely N-dealkylation sites (tertiary alicyclic amines) is 1. The van der Waals surface area contributed by atoms with Gasteiger partial charge >= 0.3 is 12.1 Å². The quantitative estimate of drug-likeness (QED) is 0.445. The molecule has 4 amide bonds. The second-order valence-corrected chi connectivity index (χ2v) is 12.6. The molecule has 5 rings (SSSR count). The van der Waals surface area contributed by atoms with Gasteiger partial charge < -0.3 is 34.6 Å². The maximum Gasteiger partial charge on any atom is 0.410 e. The molecule has 0 spiro atoms. The van der Waals surface area contributed by atoms with Crippen LogP contribution in [-0.2, 0) is 16.1 Å². The van der Waals surface area contributed by atoms with Gasteiger partial charge in [0, 0.05) is 29.3 Å². The number of benzene rings is 2. The average Bonchev–Trinajstić information content (AvgIpc) is 2.91. The van der Waals surface area contributed by atoms with Crippen LogP contribution < -0.4 is 20.1 Å². The molecule has 3 aliphatic rings. The van der Waals surface area contributed by atoms with E-state index in [1.807, 2.05) is 69.9 Å². The lowest BCUT2D eigenvalue weighted by molar-refractivity contribution is -0.121. The third kappa shape index (κ3) is 6.42. The van der Waals surface area contributed by atoms with Crippen LogP contribution in [0, 0.1) is 19.8 Å². The molecule has 10 nitrogen and oxygen atoms in total. The van der Waals surface area contributed by atoms with Crippen molar-refractivity contribution in [3.8, 4) is 11.5 Å². The Morgan fingerprint density at radius 3 is 2.33 bits per heavy atom. The summed E-state index contributed by atoms with van der Waals surface area (Å²) >= 11 is 0. The second kappa shape index (κ2) is 11.7. The van der Waals surface area contributed by atoms with E-state index in [-0.39, 0.29) is 36.1 Å². The number of nitrogens with one attached hydrogen (secondary N) is 2. The van der Waals surface area contributed by atoms with Gasteiger partial charge in [0.1, 0.15) is 23.2 Å². The van der Waals surface area contributed by atoms with Gasteiger partial charge in [-0.05, 0) is 83.6 Å². The second-order valence-electron chi connectivity index (χ2n) is 12.6. The van der Waals surface area contributed by atoms with Gasteiger partial charge in [-0.25, -0.2) is 9.59 Å². The van der Waals surface area contributed by atoms with E-state index in [1.165, 1.54) is 0 Å². The Kier molecular flexibility index (Phi) is 8.25. The Morgan fingerprint density at radius 2 is 1.67 bits per heavy atom. The van der Waals surface area contributed by atoms with E-state index in [2.05, 4.69) is 10.6 Å². The van der Waals surface area contributed by atoms with Gasteiger partial charge in [-0.15, -0.1) is 0 Å². The Bertz CT molecular complexity index is 1360. The standard InChI is InChI=1S/C32H42N4O6/c1-19-8-14-26(41-24-16-35(17-24)31(39)42-32(3,4)5)28-25(19)18-36(30(38)34-28)23-12-9-21(10-13-23)29(37)33-22-11-7-20(2)27(15-22)40-6/h7-8,11,14-15,21,23-24H,9-10,12-13,16-18H2,1-6H3,(H,33,37)(H,34,38). The van der Waals surface area contributed by atoms with E-state index < -0.39 is 5.60 Å². The fraction of sp³-hybridized carbons (Fsp3) is 0.531. The average molecular weight is 579 g/mol. The SMILES string of the molecule is COc1cc(NC(=O)C2CCC(N3Cc4c(C)ccc(OC5CN(C(=O)OC(C)(C)C)C5)c4NC3=O)CC2)ccc1C. The van der Waals surface area contributed by atoms with Crippen molar-refractivity contribution in [1.29, 1.82) is 0 Å². The smallest absolute Gasteiger partial charge is 0.410 e. The number of hydrogen-bond acceptors (Lipinski definition) is 6. The molecule has 0 unspecified atom stereocenters. The fourth-order valence-corrected chi connectivity index (χ4v) is 5.84. The zero-order valence-electron chi connectivity index (χ0n) is 25.4. The number of carbonyl (C=O) groups is 3. The molecule has 1 saturated carbocycles. The number of ether oxygens (including phenoxy) is 3. The molecule has 0 radical (unpaired) electrons. The Morgan fingerprint density at radius 1 is 0.976 bits per heavy atom. The van der Waals surface area contributed by atoms with Crippen LogP contribution >= 0.6 is 0 Å². The summed E-state index contributed by atoms with van der Waals surface area (Å²) in [5.74, 6) is 1.27. The van der Waals surface area contributed by atoms with E-state index in [0.717, 1.165) is 41.0 Å². The Balaban J connectivity index is 1.17. The first-order chi connectivity index (χ1) is 19.9. The van der Waals surface area contributed by atoms with Gasteiger partial charge in [-0.2, -0.15) is 0 Å². The van der Waals surface area contributed by atoms with E-state index in [0.29, 0.717) is 43.9 Å². The molecule has 2 heterocycles. The van der Waals surface area contributed by atoms with Crippen molar-refractivity contribution >= 4 is 29.4 Å². The third-order valence-corrected chi connectivity index (χ3v) is 8.31. The molecule has 2 aliphatic heterocycles.